The molecule has 0 bridgehead atoms. The van der Waals surface area contributed by atoms with Crippen LogP contribution in [0.25, 0.3) is 0 Å². The molecule has 26 heavy (non-hydrogen) atoms. The highest BCUT2D eigenvalue weighted by molar-refractivity contribution is 6.33. The number of para-hydroxylation sites is 1. The van der Waals surface area contributed by atoms with E-state index >= 15 is 0 Å². The molecule has 4 rings (SSSR count). The molecule has 142 valence electrons. The minimum Gasteiger partial charge on any atom is -0.400 e. The van der Waals surface area contributed by atoms with Gasteiger partial charge in [-0.2, -0.15) is 0 Å². The first-order chi connectivity index (χ1) is 12.4. The van der Waals surface area contributed by atoms with E-state index in [1.807, 2.05) is 25.1 Å². The first-order valence-corrected chi connectivity index (χ1v) is 9.96. The second-order valence-electron chi connectivity index (χ2n) is 8.49. The predicted molar refractivity (Wildman–Crippen MR) is 106 cm³/mol. The topological polar surface area (TPSA) is 87.5 Å². The average Bonchev–Trinajstić information content (AvgIpc) is 3.39. The highest BCUT2D eigenvalue weighted by atomic mass is 35.5. The number of allylic oxidation sites excluding steroid dienone is 1. The molecular weight excluding hydrogens is 348 g/mol. The number of benzene rings is 1. The van der Waals surface area contributed by atoms with E-state index in [0.29, 0.717) is 16.6 Å². The largest absolute Gasteiger partial charge is 0.400 e. The van der Waals surface area contributed by atoms with Gasteiger partial charge in [-0.25, -0.2) is 5.84 Å². The maximum absolute atomic E-state index is 11.5. The number of nitrogens with two attached hydrogens (primary N) is 2. The first-order valence-electron chi connectivity index (χ1n) is 9.58. The third-order valence-corrected chi connectivity index (χ3v) is 6.71. The summed E-state index contributed by atoms with van der Waals surface area (Å²) in [5.41, 5.74) is 8.87. The number of hydrazine groups is 1. The van der Waals surface area contributed by atoms with Crippen LogP contribution in [0.15, 0.2) is 29.6 Å². The molecule has 6 heteroatoms. The van der Waals surface area contributed by atoms with Gasteiger partial charge < -0.3 is 16.2 Å². The van der Waals surface area contributed by atoms with Crippen molar-refractivity contribution in [1.29, 1.82) is 0 Å². The van der Waals surface area contributed by atoms with Gasteiger partial charge in [0.05, 0.1) is 16.4 Å². The van der Waals surface area contributed by atoms with Crippen LogP contribution in [0.4, 0.5) is 5.69 Å². The van der Waals surface area contributed by atoms with Gasteiger partial charge >= 0.3 is 0 Å². The lowest BCUT2D eigenvalue weighted by Crippen LogP contribution is -2.60. The van der Waals surface area contributed by atoms with Crippen molar-refractivity contribution in [2.75, 3.05) is 18.1 Å². The van der Waals surface area contributed by atoms with Gasteiger partial charge in [-0.3, -0.25) is 5.01 Å². The second kappa shape index (κ2) is 6.41. The van der Waals surface area contributed by atoms with Crippen molar-refractivity contribution in [2.45, 2.75) is 51.0 Å². The molecule has 6 N–H and O–H groups in total. The highest BCUT2D eigenvalue weighted by Gasteiger charge is 2.57. The Morgan fingerprint density at radius 2 is 1.92 bits per heavy atom. The summed E-state index contributed by atoms with van der Waals surface area (Å²) in [6.45, 7) is 4.01. The molecule has 1 aromatic carbocycles. The van der Waals surface area contributed by atoms with Gasteiger partial charge in [0.15, 0.2) is 0 Å². The summed E-state index contributed by atoms with van der Waals surface area (Å²) in [5, 5.41) is 17.1. The van der Waals surface area contributed by atoms with Crippen LogP contribution in [0.1, 0.15) is 44.1 Å². The molecule has 0 atom stereocenters. The Kier molecular flexibility index (Phi) is 4.47. The maximum Gasteiger partial charge on any atom is 0.109 e. The van der Waals surface area contributed by atoms with E-state index in [1.54, 1.807) is 5.01 Å². The van der Waals surface area contributed by atoms with Crippen LogP contribution in [0.2, 0.25) is 5.02 Å². The summed E-state index contributed by atoms with van der Waals surface area (Å²) in [6.07, 6.45) is 5.78. The number of hydrogen-bond donors (Lipinski definition) is 4. The third kappa shape index (κ3) is 3.01. The Morgan fingerprint density at radius 3 is 2.50 bits per heavy atom. The molecule has 1 aromatic rings. The zero-order valence-corrected chi connectivity index (χ0v) is 16.1. The van der Waals surface area contributed by atoms with Crippen LogP contribution in [0, 0.1) is 18.3 Å². The number of aryl methyl sites for hydroxylation is 1. The quantitative estimate of drug-likeness (QED) is 0.479. The maximum atomic E-state index is 11.5. The summed E-state index contributed by atoms with van der Waals surface area (Å²) in [7, 11) is 0. The molecule has 5 nitrogen and oxygen atoms in total. The lowest BCUT2D eigenvalue weighted by atomic mass is 9.54. The minimum atomic E-state index is -0.968. The van der Waals surface area contributed by atoms with Gasteiger partial charge in [-0.05, 0) is 75.6 Å². The second-order valence-corrected chi connectivity index (χ2v) is 8.90. The van der Waals surface area contributed by atoms with Crippen molar-refractivity contribution < 1.29 is 5.11 Å². The Morgan fingerprint density at radius 1 is 1.27 bits per heavy atom. The van der Waals surface area contributed by atoms with Crippen LogP contribution < -0.4 is 21.9 Å². The Labute approximate surface area is 160 Å². The zero-order valence-electron chi connectivity index (χ0n) is 15.4. The number of hydrogen-bond acceptors (Lipinski definition) is 5. The molecule has 3 aliphatic rings. The van der Waals surface area contributed by atoms with Crippen molar-refractivity contribution in [1.82, 2.24) is 5.32 Å². The molecule has 0 amide bonds. The Bertz CT molecular complexity index is 709. The Balaban J connectivity index is 1.69. The van der Waals surface area contributed by atoms with Gasteiger partial charge in [0, 0.05) is 11.6 Å². The van der Waals surface area contributed by atoms with Crippen molar-refractivity contribution in [2.24, 2.45) is 22.9 Å². The number of nitrogens with zero attached hydrogens (tertiary/aromatic N) is 1. The molecule has 0 unspecified atom stereocenters. The Hall–Kier alpha value is -1.27. The van der Waals surface area contributed by atoms with Crippen molar-refractivity contribution in [3.05, 3.63) is 40.2 Å². The fourth-order valence-electron chi connectivity index (χ4n) is 4.93. The van der Waals surface area contributed by atoms with E-state index in [0.717, 1.165) is 68.6 Å². The lowest BCUT2D eigenvalue weighted by Gasteiger charge is -2.57. The number of nitrogens with one attached hydrogen (secondary N) is 1. The minimum absolute atomic E-state index is 0.214. The molecule has 0 aromatic heterocycles. The monoisotopic (exact) mass is 376 g/mol. The normalized spacial score (nSPS) is 24.8. The molecule has 1 heterocycles. The molecule has 2 aliphatic carbocycles. The molecular formula is C20H29ClN4O. The molecule has 1 saturated heterocycles. The predicted octanol–water partition coefficient (Wildman–Crippen LogP) is 2.80. The number of halogens is 1. The third-order valence-electron chi connectivity index (χ3n) is 6.40. The van der Waals surface area contributed by atoms with E-state index in [9.17, 15) is 5.11 Å². The first kappa shape index (κ1) is 18.1. The van der Waals surface area contributed by atoms with Crippen LogP contribution in [-0.4, -0.2) is 23.8 Å². The van der Waals surface area contributed by atoms with Gasteiger partial charge in [0.1, 0.15) is 5.60 Å². The van der Waals surface area contributed by atoms with Gasteiger partial charge in [-0.15, -0.1) is 0 Å². The van der Waals surface area contributed by atoms with Crippen molar-refractivity contribution in [3.63, 3.8) is 0 Å². The number of piperidine rings is 1. The number of anilines is 1. The van der Waals surface area contributed by atoms with E-state index < -0.39 is 5.60 Å². The fraction of sp³-hybridized carbons (Fsp3) is 0.600. The fourth-order valence-corrected chi connectivity index (χ4v) is 5.24. The van der Waals surface area contributed by atoms with Crippen molar-refractivity contribution >= 4 is 17.3 Å². The highest BCUT2D eigenvalue weighted by Crippen LogP contribution is 2.58. The lowest BCUT2D eigenvalue weighted by molar-refractivity contribution is -0.116. The average molecular weight is 377 g/mol. The smallest absolute Gasteiger partial charge is 0.109 e. The number of aliphatic hydroxyl groups is 1. The molecule has 0 radical (unpaired) electrons. The van der Waals surface area contributed by atoms with E-state index in [-0.39, 0.29) is 5.41 Å². The van der Waals surface area contributed by atoms with Crippen LogP contribution >= 0.6 is 11.6 Å². The SMILES string of the molecule is Cc1cccc(Cl)c1N(N)/C(=C(\N)C1CC1)C1(O)CC2(CCNCC2)C1. The van der Waals surface area contributed by atoms with Crippen LogP contribution in [0.3, 0.4) is 0 Å². The van der Waals surface area contributed by atoms with Crippen LogP contribution in [0.5, 0.6) is 0 Å². The molecule has 3 fully saturated rings. The summed E-state index contributed by atoms with van der Waals surface area (Å²) < 4.78 is 0. The van der Waals surface area contributed by atoms with Gasteiger partial charge in [0.2, 0.25) is 0 Å². The van der Waals surface area contributed by atoms with Crippen molar-refractivity contribution in [3.8, 4) is 0 Å². The number of rotatable bonds is 4. The standard InChI is InChI=1S/C20H29ClN4O/c1-13-3-2-4-15(21)17(13)25(23)18(16(22)14-5-6-14)20(26)11-19(12-20)7-9-24-10-8-19/h2-4,14,24,26H,5-12,22-23H2,1H3/b18-16-. The summed E-state index contributed by atoms with van der Waals surface area (Å²) in [5.74, 6) is 6.89. The summed E-state index contributed by atoms with van der Waals surface area (Å²) in [6, 6.07) is 5.71. The molecule has 1 spiro atoms. The summed E-state index contributed by atoms with van der Waals surface area (Å²) in [4.78, 5) is 0. The zero-order chi connectivity index (χ0) is 18.5. The molecule has 1 aliphatic heterocycles. The van der Waals surface area contributed by atoms with E-state index in [4.69, 9.17) is 23.2 Å². The van der Waals surface area contributed by atoms with Crippen LogP contribution in [-0.2, 0) is 0 Å². The van der Waals surface area contributed by atoms with E-state index in [1.165, 1.54) is 0 Å². The van der Waals surface area contributed by atoms with Gasteiger partial charge in [-0.1, -0.05) is 23.7 Å². The van der Waals surface area contributed by atoms with Gasteiger partial charge in [0.25, 0.3) is 0 Å². The van der Waals surface area contributed by atoms with E-state index in [2.05, 4.69) is 5.32 Å². The molecule has 2 saturated carbocycles. The summed E-state index contributed by atoms with van der Waals surface area (Å²) >= 11 is 6.45.